The van der Waals surface area contributed by atoms with Crippen molar-refractivity contribution in [2.75, 3.05) is 0 Å². The Balaban J connectivity index is 1.31. The van der Waals surface area contributed by atoms with E-state index in [0.717, 1.165) is 44.7 Å². The number of esters is 1. The molecular formula is C38H29ClO2. The average Bonchev–Trinajstić information content (AvgIpc) is 3.35. The van der Waals surface area contributed by atoms with Crippen LogP contribution >= 0.6 is 11.6 Å². The van der Waals surface area contributed by atoms with Crippen LogP contribution < -0.4 is 0 Å². The van der Waals surface area contributed by atoms with E-state index in [2.05, 4.69) is 67.6 Å². The second-order valence-electron chi connectivity index (χ2n) is 10.8. The summed E-state index contributed by atoms with van der Waals surface area (Å²) in [6, 6.07) is 39.8. The number of halogens is 1. The molecule has 0 saturated heterocycles. The normalized spacial score (nSPS) is 13.8. The Hall–Kier alpha value is -4.40. The van der Waals surface area contributed by atoms with Gasteiger partial charge in [0.25, 0.3) is 0 Å². The molecule has 200 valence electrons. The zero-order valence-corrected chi connectivity index (χ0v) is 23.6. The Labute approximate surface area is 245 Å². The van der Waals surface area contributed by atoms with Crippen LogP contribution in [0.3, 0.4) is 0 Å². The van der Waals surface area contributed by atoms with Crippen LogP contribution in [0.2, 0.25) is 5.02 Å². The molecule has 0 amide bonds. The van der Waals surface area contributed by atoms with Crippen molar-refractivity contribution in [2.24, 2.45) is 0 Å². The Kier molecular flexibility index (Phi) is 6.57. The number of carbonyl (C=O) groups excluding carboxylic acids is 1. The minimum Gasteiger partial charge on any atom is -0.461 e. The lowest BCUT2D eigenvalue weighted by atomic mass is 9.90. The van der Waals surface area contributed by atoms with Crippen molar-refractivity contribution in [1.29, 1.82) is 0 Å². The molecule has 7 rings (SSSR count). The third-order valence-corrected chi connectivity index (χ3v) is 8.84. The van der Waals surface area contributed by atoms with E-state index in [1.54, 1.807) is 0 Å². The maximum atomic E-state index is 13.2. The van der Waals surface area contributed by atoms with Crippen molar-refractivity contribution >= 4 is 39.1 Å². The lowest BCUT2D eigenvalue weighted by Gasteiger charge is -2.16. The first kappa shape index (κ1) is 25.6. The second-order valence-corrected chi connectivity index (χ2v) is 11.1. The number of benzene rings is 6. The predicted molar refractivity (Wildman–Crippen MR) is 169 cm³/mol. The van der Waals surface area contributed by atoms with E-state index in [-0.39, 0.29) is 19.0 Å². The summed E-state index contributed by atoms with van der Waals surface area (Å²) in [7, 11) is 0. The number of hydrogen-bond donors (Lipinski definition) is 0. The van der Waals surface area contributed by atoms with Crippen molar-refractivity contribution in [3.63, 3.8) is 0 Å². The van der Waals surface area contributed by atoms with E-state index in [4.69, 9.17) is 16.3 Å². The molecule has 0 saturated carbocycles. The van der Waals surface area contributed by atoms with Crippen LogP contribution in [0.1, 0.15) is 41.5 Å². The highest BCUT2D eigenvalue weighted by molar-refractivity contribution is 6.41. The molecule has 1 atom stereocenters. The summed E-state index contributed by atoms with van der Waals surface area (Å²) in [6.45, 7) is 2.51. The molecule has 0 N–H and O–H groups in total. The zero-order valence-electron chi connectivity index (χ0n) is 22.9. The summed E-state index contributed by atoms with van der Waals surface area (Å²) < 4.78 is 5.71. The van der Waals surface area contributed by atoms with Crippen molar-refractivity contribution in [3.8, 4) is 22.3 Å². The molecule has 1 aliphatic rings. The number of fused-ring (bicyclic) bond motifs is 5. The van der Waals surface area contributed by atoms with E-state index in [1.807, 2.05) is 54.6 Å². The maximum Gasteiger partial charge on any atom is 0.310 e. The topological polar surface area (TPSA) is 26.3 Å². The monoisotopic (exact) mass is 552 g/mol. The summed E-state index contributed by atoms with van der Waals surface area (Å²) in [6.07, 6.45) is 1.23. The molecule has 1 unspecified atom stereocenters. The molecule has 2 nitrogen and oxygen atoms in total. The largest absolute Gasteiger partial charge is 0.461 e. The minimum absolute atomic E-state index is 0.169. The molecule has 3 heteroatoms. The van der Waals surface area contributed by atoms with Gasteiger partial charge in [0.15, 0.2) is 0 Å². The average molecular weight is 553 g/mol. The van der Waals surface area contributed by atoms with E-state index in [0.29, 0.717) is 10.9 Å². The summed E-state index contributed by atoms with van der Waals surface area (Å²) >= 11 is 6.97. The van der Waals surface area contributed by atoms with Gasteiger partial charge < -0.3 is 4.74 Å². The molecule has 0 spiro atoms. The van der Waals surface area contributed by atoms with Crippen LogP contribution in [0.4, 0.5) is 0 Å². The smallest absolute Gasteiger partial charge is 0.310 e. The van der Waals surface area contributed by atoms with Gasteiger partial charge in [0.05, 0.1) is 11.4 Å². The Morgan fingerprint density at radius 2 is 1.34 bits per heavy atom. The third-order valence-electron chi connectivity index (χ3n) is 8.43. The Morgan fingerprint density at radius 1 is 0.683 bits per heavy atom. The molecule has 6 aromatic carbocycles. The number of ether oxygens (including phenoxy) is 1. The third kappa shape index (κ3) is 4.49. The Morgan fingerprint density at radius 3 is 2.17 bits per heavy atom. The number of rotatable bonds is 6. The SMILES string of the molecule is CCC1c2ccccc2-c2ccc(-c3ccc4c(Cl)c5ccccc5c(CC(=O)OCc5ccccc5)c4c3)cc21. The molecule has 41 heavy (non-hydrogen) atoms. The predicted octanol–water partition coefficient (Wildman–Crippen LogP) is 10.1. The van der Waals surface area contributed by atoms with Crippen molar-refractivity contribution in [2.45, 2.75) is 32.3 Å². The number of carbonyl (C=O) groups is 1. The summed E-state index contributed by atoms with van der Waals surface area (Å²) in [5, 5.41) is 4.56. The summed E-state index contributed by atoms with van der Waals surface area (Å²) in [5.74, 6) is 0.143. The van der Waals surface area contributed by atoms with E-state index in [1.165, 1.54) is 27.8 Å². The highest BCUT2D eigenvalue weighted by Gasteiger charge is 2.27. The molecule has 1 aliphatic carbocycles. The van der Waals surface area contributed by atoms with Gasteiger partial charge in [-0.25, -0.2) is 0 Å². The van der Waals surface area contributed by atoms with Crippen LogP contribution in [0.25, 0.3) is 43.8 Å². The molecule has 0 aromatic heterocycles. The number of hydrogen-bond acceptors (Lipinski definition) is 2. The van der Waals surface area contributed by atoms with Gasteiger partial charge in [-0.05, 0) is 73.8 Å². The van der Waals surface area contributed by atoms with Gasteiger partial charge >= 0.3 is 5.97 Å². The van der Waals surface area contributed by atoms with E-state index < -0.39 is 0 Å². The van der Waals surface area contributed by atoms with Gasteiger partial charge in [0.1, 0.15) is 6.61 Å². The molecule has 0 bridgehead atoms. The van der Waals surface area contributed by atoms with Crippen LogP contribution in [0, 0.1) is 0 Å². The van der Waals surface area contributed by atoms with Gasteiger partial charge in [0, 0.05) is 16.7 Å². The molecule has 6 aromatic rings. The molecular weight excluding hydrogens is 524 g/mol. The first-order valence-corrected chi connectivity index (χ1v) is 14.6. The summed E-state index contributed by atoms with van der Waals surface area (Å²) in [5.41, 5.74) is 9.65. The first-order valence-electron chi connectivity index (χ1n) is 14.2. The molecule has 0 fully saturated rings. The molecule has 0 aliphatic heterocycles. The lowest BCUT2D eigenvalue weighted by molar-refractivity contribution is -0.144. The standard InChI is InChI=1S/C38H29ClO2/c1-2-27-28-12-6-7-13-29(28)31-18-16-25(20-34(27)31)26-17-19-33-35(21-26)36(30-14-8-9-15-32(30)38(33)39)22-37(40)41-23-24-10-4-3-5-11-24/h3-21,27H,2,22-23H2,1H3. The fraction of sp³-hybridized carbons (Fsp3) is 0.132. The molecule has 0 heterocycles. The van der Waals surface area contributed by atoms with Crippen LogP contribution in [-0.4, -0.2) is 5.97 Å². The highest BCUT2D eigenvalue weighted by Crippen LogP contribution is 2.47. The highest BCUT2D eigenvalue weighted by atomic mass is 35.5. The van der Waals surface area contributed by atoms with Crippen LogP contribution in [0.15, 0.2) is 115 Å². The second kappa shape index (κ2) is 10.5. The van der Waals surface area contributed by atoms with E-state index >= 15 is 0 Å². The van der Waals surface area contributed by atoms with Crippen LogP contribution in [0.5, 0.6) is 0 Å². The van der Waals surface area contributed by atoms with Gasteiger partial charge in [-0.2, -0.15) is 0 Å². The van der Waals surface area contributed by atoms with Gasteiger partial charge in [-0.15, -0.1) is 0 Å². The van der Waals surface area contributed by atoms with Gasteiger partial charge in [0.2, 0.25) is 0 Å². The minimum atomic E-state index is -0.255. The maximum absolute atomic E-state index is 13.2. The quantitative estimate of drug-likeness (QED) is 0.152. The fourth-order valence-corrected chi connectivity index (χ4v) is 6.78. The first-order chi connectivity index (χ1) is 20.1. The molecule has 0 radical (unpaired) electrons. The van der Waals surface area contributed by atoms with Gasteiger partial charge in [-0.1, -0.05) is 122 Å². The van der Waals surface area contributed by atoms with Gasteiger partial charge in [-0.3, -0.25) is 4.79 Å². The van der Waals surface area contributed by atoms with Crippen molar-refractivity contribution in [3.05, 3.63) is 143 Å². The van der Waals surface area contributed by atoms with Crippen LogP contribution in [-0.2, 0) is 22.6 Å². The van der Waals surface area contributed by atoms with Crippen molar-refractivity contribution < 1.29 is 9.53 Å². The fourth-order valence-electron chi connectivity index (χ4n) is 6.45. The lowest BCUT2D eigenvalue weighted by Crippen LogP contribution is -2.09. The van der Waals surface area contributed by atoms with Crippen molar-refractivity contribution in [1.82, 2.24) is 0 Å². The van der Waals surface area contributed by atoms with E-state index in [9.17, 15) is 4.79 Å². The zero-order chi connectivity index (χ0) is 27.9. The summed E-state index contributed by atoms with van der Waals surface area (Å²) in [4.78, 5) is 13.2. The Bertz CT molecular complexity index is 1940.